The van der Waals surface area contributed by atoms with Gasteiger partial charge in [0.05, 0.1) is 12.1 Å². The molecule has 2 rings (SSSR count). The van der Waals surface area contributed by atoms with E-state index in [0.29, 0.717) is 25.1 Å². The Bertz CT molecular complexity index is 1050. The number of likely N-dealkylation sites (tertiary alicyclic amines) is 2. The number of nitrogens with zero attached hydrogens (tertiary/aromatic N) is 3. The molecule has 2 heterocycles. The fourth-order valence-corrected chi connectivity index (χ4v) is 7.09. The van der Waals surface area contributed by atoms with E-state index in [0.717, 1.165) is 45.1 Å². The molecule has 9 heteroatoms. The van der Waals surface area contributed by atoms with Crippen LogP contribution in [0.2, 0.25) is 0 Å². The molecule has 2 aliphatic heterocycles. The topological polar surface area (TPSA) is 102 Å². The van der Waals surface area contributed by atoms with Crippen molar-refractivity contribution in [3.05, 3.63) is 11.6 Å². The van der Waals surface area contributed by atoms with Crippen molar-refractivity contribution in [3.8, 4) is 0 Å². The van der Waals surface area contributed by atoms with Gasteiger partial charge in [-0.2, -0.15) is 0 Å². The third kappa shape index (κ3) is 12.2. The highest BCUT2D eigenvalue weighted by Crippen LogP contribution is 2.27. The van der Waals surface area contributed by atoms with Crippen molar-refractivity contribution in [3.63, 3.8) is 0 Å². The minimum absolute atomic E-state index is 0.0254. The van der Waals surface area contributed by atoms with E-state index in [1.165, 1.54) is 32.1 Å². The van der Waals surface area contributed by atoms with Crippen LogP contribution in [0.4, 0.5) is 0 Å². The molecular formula is C38H69N5O4. The highest BCUT2D eigenvalue weighted by molar-refractivity contribution is 5.97. The van der Waals surface area contributed by atoms with Crippen molar-refractivity contribution in [2.45, 2.75) is 170 Å². The molecule has 0 aromatic carbocycles. The zero-order chi connectivity index (χ0) is 35.3. The minimum atomic E-state index is -0.718. The Morgan fingerprint density at radius 2 is 1.47 bits per heavy atom. The lowest BCUT2D eigenvalue weighted by Crippen LogP contribution is -2.60. The summed E-state index contributed by atoms with van der Waals surface area (Å²) < 4.78 is 0. The lowest BCUT2D eigenvalue weighted by molar-refractivity contribution is -0.142. The zero-order valence-electron chi connectivity index (χ0n) is 31.6. The number of amides is 4. The number of piperidine rings is 1. The summed E-state index contributed by atoms with van der Waals surface area (Å²) in [6, 6.07) is -1.53. The van der Waals surface area contributed by atoms with Crippen LogP contribution in [-0.4, -0.2) is 95.2 Å². The molecule has 4 unspecified atom stereocenters. The van der Waals surface area contributed by atoms with Crippen molar-refractivity contribution in [1.29, 1.82) is 0 Å². The molecule has 0 aromatic heterocycles. The standard InChI is InChI=1S/C38H69N5O4/c1-11-12-13-14-15-16-18-23-39-34(44)30-22-20-25-43(30)36(46)29(6)26-32(27(2)3)41(10)37(47)33(38(7,8)9)40-35(45)31-21-17-19-24-42(31)28(4)5/h26-28,30-33H,11-25H2,1-10H3,(H,39,44)(H,40,45)/b29-26+. The molecule has 0 aliphatic carbocycles. The number of hydrogen-bond acceptors (Lipinski definition) is 5. The van der Waals surface area contributed by atoms with E-state index in [9.17, 15) is 19.2 Å². The molecular weight excluding hydrogens is 590 g/mol. The molecule has 2 fully saturated rings. The molecule has 2 aliphatic rings. The van der Waals surface area contributed by atoms with Crippen LogP contribution in [0.15, 0.2) is 11.6 Å². The Morgan fingerprint density at radius 3 is 2.06 bits per heavy atom. The van der Waals surface area contributed by atoms with Crippen molar-refractivity contribution in [2.75, 3.05) is 26.7 Å². The molecule has 0 spiro atoms. The number of nitrogens with one attached hydrogen (secondary N) is 2. The fourth-order valence-electron chi connectivity index (χ4n) is 7.09. The van der Waals surface area contributed by atoms with Gasteiger partial charge in [0.25, 0.3) is 0 Å². The van der Waals surface area contributed by atoms with Crippen LogP contribution < -0.4 is 10.6 Å². The molecule has 270 valence electrons. The maximum absolute atomic E-state index is 14.2. The van der Waals surface area contributed by atoms with Gasteiger partial charge in [-0.25, -0.2) is 0 Å². The number of likely N-dealkylation sites (N-methyl/N-ethyl adjacent to an activating group) is 1. The Hall–Kier alpha value is -2.42. The van der Waals surface area contributed by atoms with Crippen LogP contribution in [0.1, 0.15) is 139 Å². The summed E-state index contributed by atoms with van der Waals surface area (Å²) in [4.78, 5) is 60.2. The van der Waals surface area contributed by atoms with E-state index < -0.39 is 17.5 Å². The third-order valence-corrected chi connectivity index (χ3v) is 10.0. The molecule has 4 atom stereocenters. The van der Waals surface area contributed by atoms with Crippen molar-refractivity contribution in [2.24, 2.45) is 11.3 Å². The van der Waals surface area contributed by atoms with E-state index in [1.54, 1.807) is 23.8 Å². The second kappa shape index (κ2) is 19.5. The molecule has 2 N–H and O–H groups in total. The van der Waals surface area contributed by atoms with Gasteiger partial charge in [-0.15, -0.1) is 0 Å². The quantitative estimate of drug-likeness (QED) is 0.146. The first-order chi connectivity index (χ1) is 22.1. The zero-order valence-corrected chi connectivity index (χ0v) is 31.6. The largest absolute Gasteiger partial charge is 0.354 e. The maximum atomic E-state index is 14.2. The van der Waals surface area contributed by atoms with E-state index in [2.05, 4.69) is 36.3 Å². The Labute approximate surface area is 287 Å². The van der Waals surface area contributed by atoms with Crippen molar-refractivity contribution in [1.82, 2.24) is 25.3 Å². The Morgan fingerprint density at radius 1 is 0.851 bits per heavy atom. The van der Waals surface area contributed by atoms with Gasteiger partial charge in [-0.05, 0) is 70.8 Å². The van der Waals surface area contributed by atoms with E-state index in [-0.39, 0.29) is 47.7 Å². The molecule has 0 bridgehead atoms. The van der Waals surface area contributed by atoms with Crippen LogP contribution in [-0.2, 0) is 19.2 Å². The first-order valence-corrected chi connectivity index (χ1v) is 18.7. The molecule has 4 amide bonds. The van der Waals surface area contributed by atoms with Gasteiger partial charge in [0.15, 0.2) is 0 Å². The summed E-state index contributed by atoms with van der Waals surface area (Å²) in [7, 11) is 1.77. The first-order valence-electron chi connectivity index (χ1n) is 18.7. The second-order valence-electron chi connectivity index (χ2n) is 15.8. The molecule has 9 nitrogen and oxygen atoms in total. The average molecular weight is 660 g/mol. The molecule has 0 saturated carbocycles. The van der Waals surface area contributed by atoms with E-state index in [1.807, 2.05) is 40.7 Å². The lowest BCUT2D eigenvalue weighted by Gasteiger charge is -2.41. The van der Waals surface area contributed by atoms with Gasteiger partial charge in [-0.3, -0.25) is 24.1 Å². The van der Waals surface area contributed by atoms with Gasteiger partial charge in [0.2, 0.25) is 23.6 Å². The molecule has 0 radical (unpaired) electrons. The Balaban J connectivity index is 2.10. The minimum Gasteiger partial charge on any atom is -0.354 e. The highest BCUT2D eigenvalue weighted by Gasteiger charge is 2.40. The smallest absolute Gasteiger partial charge is 0.249 e. The van der Waals surface area contributed by atoms with Crippen LogP contribution in [0.5, 0.6) is 0 Å². The first kappa shape index (κ1) is 40.8. The predicted molar refractivity (Wildman–Crippen MR) is 192 cm³/mol. The molecule has 0 aromatic rings. The van der Waals surface area contributed by atoms with Crippen LogP contribution >= 0.6 is 0 Å². The molecule has 2 saturated heterocycles. The summed E-state index contributed by atoms with van der Waals surface area (Å²) in [5.74, 6) is -0.459. The number of carbonyl (C=O) groups excluding carboxylic acids is 4. The van der Waals surface area contributed by atoms with Gasteiger partial charge >= 0.3 is 0 Å². The van der Waals surface area contributed by atoms with Crippen molar-refractivity contribution >= 4 is 23.6 Å². The predicted octanol–water partition coefficient (Wildman–Crippen LogP) is 6.07. The summed E-state index contributed by atoms with van der Waals surface area (Å²) >= 11 is 0. The summed E-state index contributed by atoms with van der Waals surface area (Å²) in [6.45, 7) is 20.3. The van der Waals surface area contributed by atoms with Crippen LogP contribution in [0, 0.1) is 11.3 Å². The third-order valence-electron chi connectivity index (χ3n) is 10.0. The maximum Gasteiger partial charge on any atom is 0.249 e. The van der Waals surface area contributed by atoms with Gasteiger partial charge in [0.1, 0.15) is 12.1 Å². The number of unbranched alkanes of at least 4 members (excludes halogenated alkanes) is 6. The van der Waals surface area contributed by atoms with Gasteiger partial charge < -0.3 is 20.4 Å². The molecule has 47 heavy (non-hydrogen) atoms. The Kier molecular flexibility index (Phi) is 16.9. The SMILES string of the molecule is CCCCCCCCCNC(=O)C1CCCN1C(=O)/C(C)=C/C(C(C)C)N(C)C(=O)C(NC(=O)C1CCCCN1C(C)C)C(C)(C)C. The van der Waals surface area contributed by atoms with Gasteiger partial charge in [0, 0.05) is 31.8 Å². The van der Waals surface area contributed by atoms with E-state index >= 15 is 0 Å². The van der Waals surface area contributed by atoms with Crippen molar-refractivity contribution < 1.29 is 19.2 Å². The summed E-state index contributed by atoms with van der Waals surface area (Å²) in [5, 5.41) is 6.22. The van der Waals surface area contributed by atoms with Gasteiger partial charge in [-0.1, -0.05) is 92.6 Å². The number of carbonyl (C=O) groups is 4. The van der Waals surface area contributed by atoms with Crippen LogP contribution in [0.25, 0.3) is 0 Å². The second-order valence-corrected chi connectivity index (χ2v) is 15.8. The fraction of sp³-hybridized carbons (Fsp3) is 0.842. The van der Waals surface area contributed by atoms with Crippen LogP contribution in [0.3, 0.4) is 0 Å². The normalized spacial score (nSPS) is 20.8. The summed E-state index contributed by atoms with van der Waals surface area (Å²) in [5.41, 5.74) is 0.0147. The average Bonchev–Trinajstić information content (AvgIpc) is 3.52. The highest BCUT2D eigenvalue weighted by atomic mass is 16.2. The monoisotopic (exact) mass is 660 g/mol. The lowest BCUT2D eigenvalue weighted by atomic mass is 9.84. The summed E-state index contributed by atoms with van der Waals surface area (Å²) in [6.07, 6.45) is 14.5. The number of rotatable bonds is 17. The number of hydrogen-bond donors (Lipinski definition) is 2. The van der Waals surface area contributed by atoms with E-state index in [4.69, 9.17) is 0 Å².